The maximum absolute atomic E-state index is 11.4. The van der Waals surface area contributed by atoms with Crippen LogP contribution in [-0.2, 0) is 9.59 Å². The molecule has 3 aliphatic rings. The molecular formula is C15H20O2. The first kappa shape index (κ1) is 11.2. The minimum Gasteiger partial charge on any atom is -0.300 e. The molecule has 0 aromatic rings. The van der Waals surface area contributed by atoms with E-state index in [4.69, 9.17) is 0 Å². The lowest BCUT2D eigenvalue weighted by Gasteiger charge is -2.32. The molecule has 0 aliphatic heterocycles. The summed E-state index contributed by atoms with van der Waals surface area (Å²) < 4.78 is 0. The Morgan fingerprint density at radius 2 is 1.47 bits per heavy atom. The van der Waals surface area contributed by atoms with Crippen molar-refractivity contribution in [3.63, 3.8) is 0 Å². The molecule has 0 unspecified atom stereocenters. The average molecular weight is 232 g/mol. The van der Waals surface area contributed by atoms with Crippen molar-refractivity contribution < 1.29 is 9.59 Å². The van der Waals surface area contributed by atoms with E-state index < -0.39 is 0 Å². The monoisotopic (exact) mass is 232 g/mol. The Labute approximate surface area is 102 Å². The fraction of sp³-hybridized carbons (Fsp3) is 0.733. The fourth-order valence-electron chi connectivity index (χ4n) is 3.86. The molecule has 0 bridgehead atoms. The zero-order valence-corrected chi connectivity index (χ0v) is 10.3. The first-order valence-electron chi connectivity index (χ1n) is 6.95. The van der Waals surface area contributed by atoms with Crippen molar-refractivity contribution >= 4 is 11.6 Å². The molecule has 3 rings (SSSR count). The zero-order chi connectivity index (χ0) is 11.8. The van der Waals surface area contributed by atoms with Gasteiger partial charge in [-0.3, -0.25) is 9.59 Å². The minimum absolute atomic E-state index is 0.429. The molecule has 2 nitrogen and oxygen atoms in total. The predicted molar refractivity (Wildman–Crippen MR) is 65.6 cm³/mol. The normalized spacial score (nSPS) is 34.1. The molecule has 1 fully saturated rings. The van der Waals surface area contributed by atoms with Crippen molar-refractivity contribution in [3.05, 3.63) is 11.1 Å². The summed E-state index contributed by atoms with van der Waals surface area (Å²) in [6.07, 6.45) is 8.76. The van der Waals surface area contributed by atoms with E-state index in [1.54, 1.807) is 5.57 Å². The van der Waals surface area contributed by atoms with Crippen LogP contribution in [0.25, 0.3) is 0 Å². The molecule has 0 saturated heterocycles. The van der Waals surface area contributed by atoms with Crippen molar-refractivity contribution in [2.45, 2.75) is 57.8 Å². The topological polar surface area (TPSA) is 34.1 Å². The van der Waals surface area contributed by atoms with Crippen LogP contribution < -0.4 is 0 Å². The van der Waals surface area contributed by atoms with E-state index in [9.17, 15) is 9.59 Å². The van der Waals surface area contributed by atoms with Crippen molar-refractivity contribution in [3.8, 4) is 0 Å². The van der Waals surface area contributed by atoms with Crippen molar-refractivity contribution in [2.24, 2.45) is 11.8 Å². The Bertz CT molecular complexity index is 392. The minimum atomic E-state index is 0.429. The smallest absolute Gasteiger partial charge is 0.137 e. The van der Waals surface area contributed by atoms with Crippen molar-refractivity contribution in [1.29, 1.82) is 0 Å². The molecule has 0 amide bonds. The third kappa shape index (κ3) is 2.22. The molecule has 2 atom stereocenters. The summed E-state index contributed by atoms with van der Waals surface area (Å²) in [7, 11) is 0. The van der Waals surface area contributed by atoms with Gasteiger partial charge in [-0.25, -0.2) is 0 Å². The number of rotatable bonds is 1. The van der Waals surface area contributed by atoms with Crippen LogP contribution in [0.4, 0.5) is 0 Å². The summed E-state index contributed by atoms with van der Waals surface area (Å²) in [5.41, 5.74) is 3.02. The fourth-order valence-corrected chi connectivity index (χ4v) is 3.86. The highest BCUT2D eigenvalue weighted by Crippen LogP contribution is 2.43. The van der Waals surface area contributed by atoms with Crippen LogP contribution in [0.3, 0.4) is 0 Å². The summed E-state index contributed by atoms with van der Waals surface area (Å²) in [6, 6.07) is 0. The molecular weight excluding hydrogens is 212 g/mol. The van der Waals surface area contributed by atoms with Gasteiger partial charge in [0.1, 0.15) is 11.6 Å². The summed E-state index contributed by atoms with van der Waals surface area (Å²) in [5.74, 6) is 2.27. The second-order valence-corrected chi connectivity index (χ2v) is 5.97. The van der Waals surface area contributed by atoms with Gasteiger partial charge in [-0.1, -0.05) is 11.1 Å². The van der Waals surface area contributed by atoms with Gasteiger partial charge in [-0.15, -0.1) is 0 Å². The quantitative estimate of drug-likeness (QED) is 0.650. The van der Waals surface area contributed by atoms with Gasteiger partial charge in [0.05, 0.1) is 0 Å². The van der Waals surface area contributed by atoms with Crippen LogP contribution in [-0.4, -0.2) is 11.6 Å². The van der Waals surface area contributed by atoms with Gasteiger partial charge in [0.2, 0.25) is 0 Å². The molecule has 0 aromatic heterocycles. The lowest BCUT2D eigenvalue weighted by Crippen LogP contribution is -2.22. The number of ketones is 2. The Balaban J connectivity index is 1.69. The zero-order valence-electron chi connectivity index (χ0n) is 10.3. The van der Waals surface area contributed by atoms with Crippen LogP contribution in [0.2, 0.25) is 0 Å². The van der Waals surface area contributed by atoms with Crippen molar-refractivity contribution in [2.75, 3.05) is 0 Å². The van der Waals surface area contributed by atoms with E-state index in [1.165, 1.54) is 18.4 Å². The van der Waals surface area contributed by atoms with Crippen LogP contribution in [0, 0.1) is 11.8 Å². The molecule has 2 heteroatoms. The van der Waals surface area contributed by atoms with E-state index in [2.05, 4.69) is 0 Å². The number of hydrogen-bond acceptors (Lipinski definition) is 2. The Kier molecular flexibility index (Phi) is 2.89. The highest BCUT2D eigenvalue weighted by molar-refractivity contribution is 5.83. The number of carbonyl (C=O) groups is 2. The molecule has 0 N–H and O–H groups in total. The molecule has 92 valence electrons. The van der Waals surface area contributed by atoms with Crippen LogP contribution in [0.1, 0.15) is 57.8 Å². The second kappa shape index (κ2) is 4.40. The molecule has 0 heterocycles. The maximum Gasteiger partial charge on any atom is 0.137 e. The van der Waals surface area contributed by atoms with Crippen LogP contribution >= 0.6 is 0 Å². The maximum atomic E-state index is 11.4. The molecule has 0 spiro atoms. The van der Waals surface area contributed by atoms with Gasteiger partial charge in [0.25, 0.3) is 0 Å². The number of allylic oxidation sites excluding steroid dienone is 2. The van der Waals surface area contributed by atoms with E-state index >= 15 is 0 Å². The Morgan fingerprint density at radius 3 is 2.24 bits per heavy atom. The van der Waals surface area contributed by atoms with Gasteiger partial charge >= 0.3 is 0 Å². The summed E-state index contributed by atoms with van der Waals surface area (Å²) >= 11 is 0. The highest BCUT2D eigenvalue weighted by atomic mass is 16.1. The average Bonchev–Trinajstić information content (AvgIpc) is 2.75. The number of hydrogen-bond donors (Lipinski definition) is 0. The number of carbonyl (C=O) groups excluding carboxylic acids is 2. The SMILES string of the molecule is O=C1CCC2=C(CC[C@@H]([C@H]3CCC(=O)C3)C2)C1. The van der Waals surface area contributed by atoms with Gasteiger partial charge in [-0.05, 0) is 43.9 Å². The lowest BCUT2D eigenvalue weighted by atomic mass is 9.72. The van der Waals surface area contributed by atoms with E-state index in [0.29, 0.717) is 17.5 Å². The van der Waals surface area contributed by atoms with Gasteiger partial charge in [0, 0.05) is 25.7 Å². The Hall–Kier alpha value is -0.920. The van der Waals surface area contributed by atoms with Gasteiger partial charge in [0.15, 0.2) is 0 Å². The third-order valence-electron chi connectivity index (χ3n) is 4.89. The van der Waals surface area contributed by atoms with Crippen LogP contribution in [0.5, 0.6) is 0 Å². The first-order valence-corrected chi connectivity index (χ1v) is 6.95. The van der Waals surface area contributed by atoms with Crippen molar-refractivity contribution in [1.82, 2.24) is 0 Å². The number of Topliss-reactive ketones (excluding diaryl/α,β-unsaturated/α-hetero) is 2. The molecule has 0 radical (unpaired) electrons. The standard InChI is InChI=1S/C15H20O2/c16-14-5-3-11-7-10(1-2-12(11)8-14)13-4-6-15(17)9-13/h10,13H,1-9H2/t10-,13+/m1/s1. The first-order chi connectivity index (χ1) is 8.22. The van der Waals surface area contributed by atoms with Crippen LogP contribution in [0.15, 0.2) is 11.1 Å². The molecule has 17 heavy (non-hydrogen) atoms. The van der Waals surface area contributed by atoms with E-state index in [0.717, 1.165) is 50.9 Å². The molecule has 0 aromatic carbocycles. The Morgan fingerprint density at radius 1 is 0.706 bits per heavy atom. The molecule has 3 aliphatic carbocycles. The molecule has 1 saturated carbocycles. The second-order valence-electron chi connectivity index (χ2n) is 5.97. The largest absolute Gasteiger partial charge is 0.300 e. The summed E-state index contributed by atoms with van der Waals surface area (Å²) in [5, 5.41) is 0. The van der Waals surface area contributed by atoms with Gasteiger partial charge < -0.3 is 0 Å². The summed E-state index contributed by atoms with van der Waals surface area (Å²) in [4.78, 5) is 22.8. The third-order valence-corrected chi connectivity index (χ3v) is 4.89. The summed E-state index contributed by atoms with van der Waals surface area (Å²) in [6.45, 7) is 0. The lowest BCUT2D eigenvalue weighted by molar-refractivity contribution is -0.119. The predicted octanol–water partition coefficient (Wildman–Crippen LogP) is 3.21. The van der Waals surface area contributed by atoms with E-state index in [-0.39, 0.29) is 0 Å². The highest BCUT2D eigenvalue weighted by Gasteiger charge is 2.33. The van der Waals surface area contributed by atoms with Gasteiger partial charge in [-0.2, -0.15) is 0 Å². The van der Waals surface area contributed by atoms with E-state index in [1.807, 2.05) is 0 Å².